The van der Waals surface area contributed by atoms with Crippen LogP contribution < -0.4 is 10.5 Å². The summed E-state index contributed by atoms with van der Waals surface area (Å²) in [7, 11) is 1.64. The predicted octanol–water partition coefficient (Wildman–Crippen LogP) is 3.97. The Labute approximate surface area is 120 Å². The molecule has 0 amide bonds. The number of hydrogen-bond acceptors (Lipinski definition) is 5. The summed E-state index contributed by atoms with van der Waals surface area (Å²) in [6, 6.07) is 9.76. The van der Waals surface area contributed by atoms with E-state index in [0.29, 0.717) is 11.6 Å². The highest BCUT2D eigenvalue weighted by Crippen LogP contribution is 2.40. The third-order valence-electron chi connectivity index (χ3n) is 3.15. The van der Waals surface area contributed by atoms with Crippen molar-refractivity contribution in [1.29, 1.82) is 0 Å². The van der Waals surface area contributed by atoms with Gasteiger partial charge in [0.25, 0.3) is 0 Å². The summed E-state index contributed by atoms with van der Waals surface area (Å²) in [5.41, 5.74) is 8.88. The molecule has 0 aliphatic carbocycles. The Morgan fingerprint density at radius 1 is 1.30 bits per heavy atom. The van der Waals surface area contributed by atoms with E-state index < -0.39 is 0 Å². The molecule has 0 radical (unpaired) electrons. The number of benzene rings is 1. The minimum atomic E-state index is 0.390. The average Bonchev–Trinajstić information content (AvgIpc) is 3.04. The fraction of sp³-hybridized carbons (Fsp3) is 0.133. The van der Waals surface area contributed by atoms with Crippen molar-refractivity contribution in [2.45, 2.75) is 6.92 Å². The van der Waals surface area contributed by atoms with Crippen LogP contribution in [0.3, 0.4) is 0 Å². The first-order chi connectivity index (χ1) is 9.70. The highest BCUT2D eigenvalue weighted by molar-refractivity contribution is 7.13. The van der Waals surface area contributed by atoms with E-state index in [4.69, 9.17) is 15.0 Å². The second-order valence-electron chi connectivity index (χ2n) is 4.44. The first kappa shape index (κ1) is 12.7. The second kappa shape index (κ2) is 5.02. The van der Waals surface area contributed by atoms with E-state index >= 15 is 0 Å². The minimum Gasteiger partial charge on any atom is -0.497 e. The van der Waals surface area contributed by atoms with Gasteiger partial charge in [-0.15, -0.1) is 11.3 Å². The van der Waals surface area contributed by atoms with Gasteiger partial charge in [-0.3, -0.25) is 0 Å². The number of hydrogen-bond donors (Lipinski definition) is 1. The van der Waals surface area contributed by atoms with Gasteiger partial charge in [0.05, 0.1) is 17.6 Å². The van der Waals surface area contributed by atoms with E-state index in [1.54, 1.807) is 18.4 Å². The normalized spacial score (nSPS) is 10.7. The molecule has 0 bridgehead atoms. The Hall–Kier alpha value is -2.27. The van der Waals surface area contributed by atoms with Crippen molar-refractivity contribution in [3.8, 4) is 27.5 Å². The number of nitrogen functional groups attached to an aromatic ring is 1. The van der Waals surface area contributed by atoms with Crippen LogP contribution in [0.5, 0.6) is 5.75 Å². The van der Waals surface area contributed by atoms with Gasteiger partial charge in [0, 0.05) is 0 Å². The SMILES string of the molecule is COc1cccc(-c2c(N)noc2-c2sccc2C)c1. The fourth-order valence-corrected chi connectivity index (χ4v) is 3.03. The molecule has 0 unspecified atom stereocenters. The standard InChI is InChI=1S/C15H14N2O2S/c1-9-6-7-20-14(9)13-12(15(16)17-19-13)10-4-3-5-11(8-10)18-2/h3-8H,1-2H3,(H2,16,17). The van der Waals surface area contributed by atoms with Gasteiger partial charge in [0.1, 0.15) is 5.75 Å². The largest absolute Gasteiger partial charge is 0.497 e. The van der Waals surface area contributed by atoms with E-state index in [0.717, 1.165) is 27.3 Å². The smallest absolute Gasteiger partial charge is 0.187 e. The summed E-state index contributed by atoms with van der Waals surface area (Å²) in [5.74, 6) is 1.88. The van der Waals surface area contributed by atoms with Crippen LogP contribution in [-0.4, -0.2) is 12.3 Å². The third kappa shape index (κ3) is 2.06. The molecular formula is C15H14N2O2S. The first-order valence-corrected chi connectivity index (χ1v) is 7.02. The molecule has 0 fully saturated rings. The van der Waals surface area contributed by atoms with E-state index in [1.165, 1.54) is 0 Å². The molecule has 0 atom stereocenters. The van der Waals surface area contributed by atoms with Gasteiger partial charge in [0.2, 0.25) is 0 Å². The number of methoxy groups -OCH3 is 1. The minimum absolute atomic E-state index is 0.390. The number of nitrogens with zero attached hydrogens (tertiary/aromatic N) is 1. The van der Waals surface area contributed by atoms with Crippen LogP contribution in [0.25, 0.3) is 21.8 Å². The van der Waals surface area contributed by atoms with Gasteiger partial charge in [-0.25, -0.2) is 0 Å². The molecule has 0 spiro atoms. The lowest BCUT2D eigenvalue weighted by Crippen LogP contribution is -1.90. The van der Waals surface area contributed by atoms with Crippen LogP contribution >= 0.6 is 11.3 Å². The Morgan fingerprint density at radius 2 is 2.15 bits per heavy atom. The molecule has 3 aromatic rings. The summed E-state index contributed by atoms with van der Waals surface area (Å²) in [5, 5.41) is 5.94. The highest BCUT2D eigenvalue weighted by atomic mass is 32.1. The van der Waals surface area contributed by atoms with Gasteiger partial charge < -0.3 is 15.0 Å². The van der Waals surface area contributed by atoms with E-state index in [9.17, 15) is 0 Å². The maximum Gasteiger partial charge on any atom is 0.187 e. The van der Waals surface area contributed by atoms with E-state index in [-0.39, 0.29) is 0 Å². The quantitative estimate of drug-likeness (QED) is 0.791. The van der Waals surface area contributed by atoms with Crippen LogP contribution in [0.1, 0.15) is 5.56 Å². The van der Waals surface area contributed by atoms with Crippen molar-refractivity contribution in [3.05, 3.63) is 41.3 Å². The molecule has 5 heteroatoms. The molecule has 0 aliphatic rings. The Morgan fingerprint density at radius 3 is 2.85 bits per heavy atom. The lowest BCUT2D eigenvalue weighted by atomic mass is 10.0. The van der Waals surface area contributed by atoms with Gasteiger partial charge in [-0.05, 0) is 41.6 Å². The predicted molar refractivity (Wildman–Crippen MR) is 81.0 cm³/mol. The molecule has 2 N–H and O–H groups in total. The second-order valence-corrected chi connectivity index (χ2v) is 5.35. The van der Waals surface area contributed by atoms with Crippen LogP contribution in [0.2, 0.25) is 0 Å². The zero-order chi connectivity index (χ0) is 14.1. The Bertz CT molecular complexity index is 746. The molecule has 0 saturated carbocycles. The van der Waals surface area contributed by atoms with Gasteiger partial charge in [0.15, 0.2) is 11.6 Å². The van der Waals surface area contributed by atoms with Gasteiger partial charge in [-0.1, -0.05) is 17.3 Å². The van der Waals surface area contributed by atoms with E-state index in [2.05, 4.69) is 5.16 Å². The summed E-state index contributed by atoms with van der Waals surface area (Å²) < 4.78 is 10.7. The number of aromatic nitrogens is 1. The zero-order valence-electron chi connectivity index (χ0n) is 11.2. The van der Waals surface area contributed by atoms with Crippen LogP contribution in [0, 0.1) is 6.92 Å². The zero-order valence-corrected chi connectivity index (χ0v) is 12.0. The number of ether oxygens (including phenoxy) is 1. The van der Waals surface area contributed by atoms with Crippen molar-refractivity contribution >= 4 is 17.2 Å². The molecule has 0 aliphatic heterocycles. The maximum atomic E-state index is 5.98. The molecule has 3 rings (SSSR count). The van der Waals surface area contributed by atoms with Crippen molar-refractivity contribution in [3.63, 3.8) is 0 Å². The summed E-state index contributed by atoms with van der Waals surface area (Å²) in [6.07, 6.45) is 0. The van der Waals surface area contributed by atoms with Gasteiger partial charge in [-0.2, -0.15) is 0 Å². The van der Waals surface area contributed by atoms with Crippen molar-refractivity contribution in [2.24, 2.45) is 0 Å². The molecular weight excluding hydrogens is 272 g/mol. The molecule has 4 nitrogen and oxygen atoms in total. The fourth-order valence-electron chi connectivity index (χ4n) is 2.12. The average molecular weight is 286 g/mol. The van der Waals surface area contributed by atoms with Crippen LogP contribution in [-0.2, 0) is 0 Å². The highest BCUT2D eigenvalue weighted by Gasteiger charge is 2.20. The van der Waals surface area contributed by atoms with Crippen molar-refractivity contribution in [1.82, 2.24) is 5.16 Å². The first-order valence-electron chi connectivity index (χ1n) is 6.14. The Kier molecular flexibility index (Phi) is 3.20. The molecule has 102 valence electrons. The number of thiophene rings is 1. The lowest BCUT2D eigenvalue weighted by molar-refractivity contribution is 0.415. The summed E-state index contributed by atoms with van der Waals surface area (Å²) in [6.45, 7) is 2.04. The number of anilines is 1. The molecule has 1 aromatic carbocycles. The monoisotopic (exact) mass is 286 g/mol. The van der Waals surface area contributed by atoms with Crippen molar-refractivity contribution in [2.75, 3.05) is 12.8 Å². The topological polar surface area (TPSA) is 61.3 Å². The number of aryl methyl sites for hydroxylation is 1. The number of rotatable bonds is 3. The summed E-state index contributed by atoms with van der Waals surface area (Å²) in [4.78, 5) is 1.05. The third-order valence-corrected chi connectivity index (χ3v) is 4.16. The van der Waals surface area contributed by atoms with Crippen LogP contribution in [0.15, 0.2) is 40.2 Å². The molecule has 2 heterocycles. The lowest BCUT2D eigenvalue weighted by Gasteiger charge is -2.05. The van der Waals surface area contributed by atoms with Gasteiger partial charge >= 0.3 is 0 Å². The maximum absolute atomic E-state index is 5.98. The van der Waals surface area contributed by atoms with Crippen LogP contribution in [0.4, 0.5) is 5.82 Å². The van der Waals surface area contributed by atoms with Crippen molar-refractivity contribution < 1.29 is 9.26 Å². The van der Waals surface area contributed by atoms with E-state index in [1.807, 2.05) is 42.6 Å². The molecule has 0 saturated heterocycles. The molecule has 2 aromatic heterocycles. The summed E-state index contributed by atoms with van der Waals surface area (Å²) >= 11 is 1.61. The Balaban J connectivity index is 2.19. The number of nitrogens with two attached hydrogens (primary N) is 1. The molecule has 20 heavy (non-hydrogen) atoms.